The average molecular weight is 760 g/mol. The Morgan fingerprint density at radius 1 is 0.907 bits per heavy atom. The Morgan fingerprint density at radius 3 is 2.37 bits per heavy atom. The van der Waals surface area contributed by atoms with Crippen LogP contribution in [0, 0.1) is 5.92 Å². The molecule has 3 aliphatic heterocycles. The van der Waals surface area contributed by atoms with E-state index in [9.17, 15) is 19.5 Å². The third-order valence-corrected chi connectivity index (χ3v) is 14.1. The molecule has 0 aliphatic carbocycles. The zero-order valence-corrected chi connectivity index (χ0v) is 32.2. The van der Waals surface area contributed by atoms with Crippen molar-refractivity contribution < 1.29 is 29.0 Å². The van der Waals surface area contributed by atoms with E-state index in [0.717, 1.165) is 27.6 Å². The molecule has 5 aromatic rings. The maximum Gasteiger partial charge on any atom is 0.264 e. The Morgan fingerprint density at radius 2 is 1.63 bits per heavy atom. The number of rotatable bonds is 10. The number of benzene rings is 5. The van der Waals surface area contributed by atoms with Crippen LogP contribution in [-0.2, 0) is 33.0 Å². The number of carbonyl (C=O) groups is 3. The van der Waals surface area contributed by atoms with Crippen molar-refractivity contribution in [1.82, 2.24) is 4.90 Å². The number of nitrogens with zero attached hydrogens (tertiary/aromatic N) is 3. The molecule has 0 aromatic heterocycles. The largest absolute Gasteiger partial charge is 0.432 e. The van der Waals surface area contributed by atoms with Crippen LogP contribution in [0.4, 0.5) is 17.1 Å². The molecule has 1 fully saturated rings. The standard InChI is InChI=1S/C43H42ClN3O6Si/c1-27-40(54(2,3)52)37(24-38(49)45(20-21-48)25-28-10-5-4-6-11-28)53-43(27)34-23-31(44)18-19-35(34)46(42(43)51)26-29-12-7-15-32(22-29)47-36-17-9-14-30-13-8-16-33(39(30)36)41(47)50/h4-19,22-23,27,37,40,48,52H,20-21,24-26H2,1-3H3/t27-,37+,40-,43+/m1/s1. The smallest absolute Gasteiger partial charge is 0.264 e. The van der Waals surface area contributed by atoms with Gasteiger partial charge in [-0.15, -0.1) is 0 Å². The van der Waals surface area contributed by atoms with E-state index in [1.165, 1.54) is 0 Å². The van der Waals surface area contributed by atoms with Crippen LogP contribution in [0.15, 0.2) is 109 Å². The molecule has 5 aromatic carbocycles. The van der Waals surface area contributed by atoms with Crippen LogP contribution in [0.25, 0.3) is 10.8 Å². The summed E-state index contributed by atoms with van der Waals surface area (Å²) in [5, 5.41) is 12.2. The van der Waals surface area contributed by atoms with Gasteiger partial charge in [0.2, 0.25) is 5.91 Å². The number of anilines is 3. The first-order valence-electron chi connectivity index (χ1n) is 18.3. The van der Waals surface area contributed by atoms with Gasteiger partial charge in [0.05, 0.1) is 42.6 Å². The Bertz CT molecular complexity index is 2290. The molecule has 9 nitrogen and oxygen atoms in total. The van der Waals surface area contributed by atoms with Crippen LogP contribution in [0.3, 0.4) is 0 Å². The van der Waals surface area contributed by atoms with Crippen molar-refractivity contribution in [1.29, 1.82) is 0 Å². The minimum Gasteiger partial charge on any atom is -0.432 e. The van der Waals surface area contributed by atoms with Gasteiger partial charge in [0.25, 0.3) is 11.8 Å². The first kappa shape index (κ1) is 36.1. The quantitative estimate of drug-likeness (QED) is 0.143. The monoisotopic (exact) mass is 759 g/mol. The number of amides is 3. The second-order valence-corrected chi connectivity index (χ2v) is 19.5. The highest BCUT2D eigenvalue weighted by Crippen LogP contribution is 2.60. The Balaban J connectivity index is 1.12. The summed E-state index contributed by atoms with van der Waals surface area (Å²) in [4.78, 5) is 59.6. The van der Waals surface area contributed by atoms with Crippen molar-refractivity contribution in [3.05, 3.63) is 136 Å². The van der Waals surface area contributed by atoms with Crippen molar-refractivity contribution in [3.63, 3.8) is 0 Å². The van der Waals surface area contributed by atoms with Crippen molar-refractivity contribution in [3.8, 4) is 0 Å². The molecule has 0 radical (unpaired) electrons. The molecule has 3 amide bonds. The second kappa shape index (κ2) is 13.8. The average Bonchev–Trinajstić information content (AvgIpc) is 3.70. The zero-order valence-electron chi connectivity index (χ0n) is 30.4. The van der Waals surface area contributed by atoms with E-state index in [1.807, 2.05) is 117 Å². The van der Waals surface area contributed by atoms with Crippen LogP contribution in [0.2, 0.25) is 23.7 Å². The van der Waals surface area contributed by atoms with Crippen molar-refractivity contribution in [2.75, 3.05) is 23.0 Å². The lowest BCUT2D eigenvalue weighted by Gasteiger charge is -2.32. The summed E-state index contributed by atoms with van der Waals surface area (Å²) in [6.07, 6.45) is -0.828. The molecule has 3 heterocycles. The maximum absolute atomic E-state index is 15.1. The van der Waals surface area contributed by atoms with Crippen LogP contribution in [0.5, 0.6) is 0 Å². The summed E-state index contributed by atoms with van der Waals surface area (Å²) in [6.45, 7) is 6.01. The van der Waals surface area contributed by atoms with Gasteiger partial charge in [0, 0.05) is 46.2 Å². The van der Waals surface area contributed by atoms with E-state index < -0.39 is 31.5 Å². The van der Waals surface area contributed by atoms with Gasteiger partial charge in [-0.2, -0.15) is 0 Å². The van der Waals surface area contributed by atoms with Gasteiger partial charge < -0.3 is 24.4 Å². The second-order valence-electron chi connectivity index (χ2n) is 15.1. The van der Waals surface area contributed by atoms with E-state index in [1.54, 1.807) is 26.8 Å². The normalized spacial score (nSPS) is 21.8. The summed E-state index contributed by atoms with van der Waals surface area (Å²) in [5.41, 5.74) is 3.18. The summed E-state index contributed by atoms with van der Waals surface area (Å²) in [7, 11) is -3.06. The van der Waals surface area contributed by atoms with Gasteiger partial charge in [-0.1, -0.05) is 85.3 Å². The van der Waals surface area contributed by atoms with Crippen molar-refractivity contribution in [2.45, 2.75) is 56.8 Å². The SMILES string of the molecule is C[C@@H]1[C@@H]([Si](C)(C)O)[C@H](CC(=O)N(CCO)Cc2ccccc2)O[C@@]12C(=O)N(Cc1cccc(N3C(=O)c4cccc5cccc3c45)c1)c1ccc(Cl)cc12. The molecule has 0 saturated carbocycles. The van der Waals surface area contributed by atoms with Gasteiger partial charge in [0.15, 0.2) is 13.9 Å². The predicted molar refractivity (Wildman–Crippen MR) is 212 cm³/mol. The molecular formula is C43H42ClN3O6Si. The molecule has 1 saturated heterocycles. The van der Waals surface area contributed by atoms with Crippen LogP contribution >= 0.6 is 11.6 Å². The molecule has 3 aliphatic rings. The van der Waals surface area contributed by atoms with E-state index in [4.69, 9.17) is 16.3 Å². The first-order chi connectivity index (χ1) is 25.9. The summed E-state index contributed by atoms with van der Waals surface area (Å²) in [6, 6.07) is 34.2. The highest BCUT2D eigenvalue weighted by Gasteiger charge is 2.66. The third kappa shape index (κ3) is 5.93. The number of halogens is 1. The highest BCUT2D eigenvalue weighted by molar-refractivity contribution is 6.71. The third-order valence-electron chi connectivity index (χ3n) is 11.3. The maximum atomic E-state index is 15.1. The number of aliphatic hydroxyl groups is 1. The van der Waals surface area contributed by atoms with Crippen LogP contribution in [0.1, 0.15) is 40.4 Å². The van der Waals surface area contributed by atoms with Gasteiger partial charge >= 0.3 is 0 Å². The van der Waals surface area contributed by atoms with E-state index in [-0.39, 0.29) is 43.8 Å². The topological polar surface area (TPSA) is 111 Å². The predicted octanol–water partition coefficient (Wildman–Crippen LogP) is 7.54. The number of ether oxygens (including phenoxy) is 1. The minimum atomic E-state index is -3.06. The molecule has 1 spiro atoms. The van der Waals surface area contributed by atoms with Gasteiger partial charge in [0.1, 0.15) is 0 Å². The number of hydrogen-bond donors (Lipinski definition) is 2. The van der Waals surface area contributed by atoms with E-state index in [0.29, 0.717) is 34.1 Å². The molecule has 8 rings (SSSR count). The highest BCUT2D eigenvalue weighted by atomic mass is 35.5. The first-order valence-corrected chi connectivity index (χ1v) is 21.7. The fourth-order valence-electron chi connectivity index (χ4n) is 9.07. The fourth-order valence-corrected chi connectivity index (χ4v) is 11.8. The van der Waals surface area contributed by atoms with Crippen LogP contribution in [-0.4, -0.2) is 60.1 Å². The fraction of sp³-hybridized carbons (Fsp3) is 0.279. The lowest BCUT2D eigenvalue weighted by Crippen LogP contribution is -2.46. The van der Waals surface area contributed by atoms with E-state index >= 15 is 4.79 Å². The van der Waals surface area contributed by atoms with Gasteiger partial charge in [-0.25, -0.2) is 0 Å². The number of hydrogen-bond acceptors (Lipinski definition) is 6. The molecule has 276 valence electrons. The Kier molecular flexibility index (Phi) is 9.22. The minimum absolute atomic E-state index is 0.0647. The summed E-state index contributed by atoms with van der Waals surface area (Å²) in [5.74, 6) is -1.12. The Labute approximate surface area is 320 Å². The number of fused-ring (bicyclic) bond motifs is 2. The molecule has 2 N–H and O–H groups in total. The van der Waals surface area contributed by atoms with Gasteiger partial charge in [-0.3, -0.25) is 19.3 Å². The summed E-state index contributed by atoms with van der Waals surface area (Å²) >= 11 is 6.62. The Hall–Kier alpha value is -4.84. The number of carbonyl (C=O) groups excluding carboxylic acids is 3. The van der Waals surface area contributed by atoms with E-state index in [2.05, 4.69) is 0 Å². The number of aliphatic hydroxyl groups excluding tert-OH is 1. The van der Waals surface area contributed by atoms with Gasteiger partial charge in [-0.05, 0) is 72.1 Å². The lowest BCUT2D eigenvalue weighted by atomic mass is 9.82. The van der Waals surface area contributed by atoms with Crippen molar-refractivity contribution in [2.24, 2.45) is 5.92 Å². The molecule has 0 unspecified atom stereocenters. The van der Waals surface area contributed by atoms with Crippen LogP contribution < -0.4 is 9.80 Å². The lowest BCUT2D eigenvalue weighted by molar-refractivity contribution is -0.150. The van der Waals surface area contributed by atoms with Crippen molar-refractivity contribution >= 4 is 65.5 Å². The molecule has 0 bridgehead atoms. The zero-order chi connectivity index (χ0) is 37.9. The summed E-state index contributed by atoms with van der Waals surface area (Å²) < 4.78 is 6.92. The molecule has 4 atom stereocenters. The molecular weight excluding hydrogens is 718 g/mol. The molecule has 11 heteroatoms. The molecule has 54 heavy (non-hydrogen) atoms.